The van der Waals surface area contributed by atoms with Crippen molar-refractivity contribution in [3.05, 3.63) is 101 Å². The average Bonchev–Trinajstić information content (AvgIpc) is 2.99. The van der Waals surface area contributed by atoms with Gasteiger partial charge in [0.15, 0.2) is 9.84 Å². The zero-order chi connectivity index (χ0) is 22.9. The van der Waals surface area contributed by atoms with Crippen LogP contribution in [0.4, 0.5) is 4.39 Å². The van der Waals surface area contributed by atoms with Crippen LogP contribution in [0.1, 0.15) is 22.4 Å². The monoisotopic (exact) mass is 451 g/mol. The number of hydrogen-bond acceptors (Lipinski definition) is 3. The van der Waals surface area contributed by atoms with Crippen LogP contribution in [0.3, 0.4) is 0 Å². The molecule has 0 unspecified atom stereocenters. The molecular weight excluding hydrogens is 429 g/mol. The third-order valence-corrected chi connectivity index (χ3v) is 7.28. The van der Waals surface area contributed by atoms with Crippen molar-refractivity contribution < 1.29 is 22.7 Å². The quantitative estimate of drug-likeness (QED) is 0.440. The third-order valence-electron chi connectivity index (χ3n) is 5.57. The van der Waals surface area contributed by atoms with Gasteiger partial charge in [0.25, 0.3) is 0 Å². The number of aromatic nitrogens is 1. The van der Waals surface area contributed by atoms with Gasteiger partial charge in [0, 0.05) is 16.6 Å². The highest BCUT2D eigenvalue weighted by atomic mass is 32.2. The molecule has 0 aliphatic rings. The predicted octanol–water partition coefficient (Wildman–Crippen LogP) is 4.74. The Morgan fingerprint density at radius 1 is 0.969 bits per heavy atom. The van der Waals surface area contributed by atoms with Crippen molar-refractivity contribution in [1.82, 2.24) is 4.57 Å². The van der Waals surface area contributed by atoms with Crippen molar-refractivity contribution in [3.63, 3.8) is 0 Å². The zero-order valence-electron chi connectivity index (χ0n) is 17.5. The van der Waals surface area contributed by atoms with E-state index in [0.717, 1.165) is 22.4 Å². The Morgan fingerprint density at radius 3 is 2.31 bits per heavy atom. The van der Waals surface area contributed by atoms with Crippen molar-refractivity contribution >= 4 is 26.7 Å². The van der Waals surface area contributed by atoms with E-state index in [1.54, 1.807) is 59.2 Å². The molecule has 0 amide bonds. The normalized spacial score (nSPS) is 11.7. The minimum atomic E-state index is -3.48. The molecule has 0 aliphatic carbocycles. The van der Waals surface area contributed by atoms with Gasteiger partial charge in [0.2, 0.25) is 0 Å². The molecule has 32 heavy (non-hydrogen) atoms. The average molecular weight is 452 g/mol. The summed E-state index contributed by atoms with van der Waals surface area (Å²) in [7, 11) is -3.48. The maximum absolute atomic E-state index is 13.9. The Balaban J connectivity index is 1.65. The van der Waals surface area contributed by atoms with Gasteiger partial charge >= 0.3 is 5.97 Å². The van der Waals surface area contributed by atoms with Gasteiger partial charge in [0.05, 0.1) is 10.6 Å². The predicted molar refractivity (Wildman–Crippen MR) is 121 cm³/mol. The van der Waals surface area contributed by atoms with Crippen LogP contribution in [-0.2, 0) is 33.4 Å². The molecule has 0 aliphatic heterocycles. The molecule has 1 N–H and O–H groups in total. The van der Waals surface area contributed by atoms with Gasteiger partial charge < -0.3 is 9.67 Å². The Hall–Kier alpha value is -3.45. The fraction of sp³-hybridized carbons (Fsp3) is 0.160. The number of benzene rings is 3. The standard InChI is InChI=1S/C25H22FNO4S/c1-17-22(23-14-20(26)9-12-24(23)27(17)15-25(28)29)13-18-7-10-21(11-8-18)32(30,31)16-19-5-3-2-4-6-19/h2-12,14H,13,15-16H2,1H3,(H,28,29). The van der Waals surface area contributed by atoms with E-state index >= 15 is 0 Å². The van der Waals surface area contributed by atoms with E-state index in [2.05, 4.69) is 0 Å². The number of hydrogen-bond donors (Lipinski definition) is 1. The fourth-order valence-electron chi connectivity index (χ4n) is 3.98. The molecule has 3 aromatic carbocycles. The Morgan fingerprint density at radius 2 is 1.66 bits per heavy atom. The summed E-state index contributed by atoms with van der Waals surface area (Å²) in [5.41, 5.74) is 3.80. The number of carbonyl (C=O) groups is 1. The molecule has 1 aromatic heterocycles. The molecule has 5 nitrogen and oxygen atoms in total. The van der Waals surface area contributed by atoms with Crippen LogP contribution < -0.4 is 0 Å². The number of nitrogens with zero attached hydrogens (tertiary/aromatic N) is 1. The minimum Gasteiger partial charge on any atom is -0.480 e. The lowest BCUT2D eigenvalue weighted by atomic mass is 10.0. The second-order valence-corrected chi connectivity index (χ2v) is 9.76. The number of rotatable bonds is 7. The molecular formula is C25H22FNO4S. The van der Waals surface area contributed by atoms with Crippen molar-refractivity contribution in [1.29, 1.82) is 0 Å². The molecule has 0 spiro atoms. The van der Waals surface area contributed by atoms with Crippen LogP contribution in [0, 0.1) is 12.7 Å². The molecule has 0 saturated heterocycles. The topological polar surface area (TPSA) is 76.4 Å². The van der Waals surface area contributed by atoms with Crippen LogP contribution in [0.2, 0.25) is 0 Å². The van der Waals surface area contributed by atoms with Crippen LogP contribution in [0.25, 0.3) is 10.9 Å². The maximum Gasteiger partial charge on any atom is 0.323 e. The SMILES string of the molecule is Cc1c(Cc2ccc(S(=O)(=O)Cc3ccccc3)cc2)c2cc(F)ccc2n1CC(=O)O. The van der Waals surface area contributed by atoms with Gasteiger partial charge in [-0.25, -0.2) is 12.8 Å². The van der Waals surface area contributed by atoms with Gasteiger partial charge in [-0.2, -0.15) is 0 Å². The summed E-state index contributed by atoms with van der Waals surface area (Å²) in [5, 5.41) is 9.92. The van der Waals surface area contributed by atoms with E-state index in [-0.39, 0.29) is 17.2 Å². The minimum absolute atomic E-state index is 0.0752. The number of carboxylic acids is 1. The highest BCUT2D eigenvalue weighted by Gasteiger charge is 2.18. The van der Waals surface area contributed by atoms with Gasteiger partial charge in [-0.15, -0.1) is 0 Å². The Kier molecular flexibility index (Phi) is 5.84. The number of carboxylic acid groups (broad SMARTS) is 1. The van der Waals surface area contributed by atoms with E-state index < -0.39 is 21.6 Å². The molecule has 0 radical (unpaired) electrons. The first kappa shape index (κ1) is 21.8. The molecule has 4 rings (SSSR count). The first-order valence-corrected chi connectivity index (χ1v) is 11.7. The van der Waals surface area contributed by atoms with Gasteiger partial charge in [-0.1, -0.05) is 42.5 Å². The molecule has 0 bridgehead atoms. The van der Waals surface area contributed by atoms with Crippen LogP contribution in [0.15, 0.2) is 77.7 Å². The Labute approximate surface area is 185 Å². The van der Waals surface area contributed by atoms with Crippen LogP contribution >= 0.6 is 0 Å². The van der Waals surface area contributed by atoms with Gasteiger partial charge in [0.1, 0.15) is 12.4 Å². The molecule has 4 aromatic rings. The summed E-state index contributed by atoms with van der Waals surface area (Å²) in [5.74, 6) is -1.45. The van der Waals surface area contributed by atoms with Crippen LogP contribution in [0.5, 0.6) is 0 Å². The smallest absolute Gasteiger partial charge is 0.323 e. The van der Waals surface area contributed by atoms with Crippen molar-refractivity contribution in [2.24, 2.45) is 0 Å². The van der Waals surface area contributed by atoms with E-state index in [9.17, 15) is 22.7 Å². The molecule has 0 fully saturated rings. The largest absolute Gasteiger partial charge is 0.480 e. The summed E-state index contributed by atoms with van der Waals surface area (Å²) in [4.78, 5) is 11.5. The van der Waals surface area contributed by atoms with E-state index in [1.807, 2.05) is 13.0 Å². The second-order valence-electron chi connectivity index (χ2n) is 7.77. The summed E-state index contributed by atoms with van der Waals surface area (Å²) in [6, 6.07) is 20.0. The lowest BCUT2D eigenvalue weighted by Gasteiger charge is -2.08. The molecule has 164 valence electrons. The van der Waals surface area contributed by atoms with Crippen molar-refractivity contribution in [2.45, 2.75) is 30.5 Å². The van der Waals surface area contributed by atoms with Crippen LogP contribution in [-0.4, -0.2) is 24.1 Å². The number of sulfone groups is 1. The summed E-state index contributed by atoms with van der Waals surface area (Å²) >= 11 is 0. The lowest BCUT2D eigenvalue weighted by molar-refractivity contribution is -0.137. The van der Waals surface area contributed by atoms with Crippen molar-refractivity contribution in [2.75, 3.05) is 0 Å². The number of fused-ring (bicyclic) bond motifs is 1. The zero-order valence-corrected chi connectivity index (χ0v) is 18.3. The summed E-state index contributed by atoms with van der Waals surface area (Å²) in [6.45, 7) is 1.60. The summed E-state index contributed by atoms with van der Waals surface area (Å²) in [6.07, 6.45) is 0.428. The first-order chi connectivity index (χ1) is 15.2. The fourth-order valence-corrected chi connectivity index (χ4v) is 5.33. The second kappa shape index (κ2) is 8.59. The molecule has 0 atom stereocenters. The van der Waals surface area contributed by atoms with E-state index in [4.69, 9.17) is 0 Å². The van der Waals surface area contributed by atoms with Crippen molar-refractivity contribution in [3.8, 4) is 0 Å². The number of halogens is 1. The maximum atomic E-state index is 13.9. The molecule has 0 saturated carbocycles. The van der Waals surface area contributed by atoms with E-state index in [1.165, 1.54) is 12.1 Å². The first-order valence-electron chi connectivity index (χ1n) is 10.1. The molecule has 1 heterocycles. The Bertz CT molecular complexity index is 1390. The number of aliphatic carboxylic acids is 1. The summed E-state index contributed by atoms with van der Waals surface area (Å²) < 4.78 is 41.1. The van der Waals surface area contributed by atoms with E-state index in [0.29, 0.717) is 17.3 Å². The van der Waals surface area contributed by atoms with Gasteiger partial charge in [-0.3, -0.25) is 4.79 Å². The van der Waals surface area contributed by atoms with Gasteiger partial charge in [-0.05, 0) is 60.4 Å². The highest BCUT2D eigenvalue weighted by Crippen LogP contribution is 2.29. The third kappa shape index (κ3) is 4.43. The lowest BCUT2D eigenvalue weighted by Crippen LogP contribution is -2.10. The highest BCUT2D eigenvalue weighted by molar-refractivity contribution is 7.90. The molecule has 7 heteroatoms.